The molecule has 4 amide bonds. The molecule has 0 unspecified atom stereocenters. The third kappa shape index (κ3) is 4.70. The lowest BCUT2D eigenvalue weighted by atomic mass is 10.1. The molecule has 0 bridgehead atoms. The zero-order chi connectivity index (χ0) is 24.3. The van der Waals surface area contributed by atoms with Crippen LogP contribution in [0, 0.1) is 0 Å². The predicted octanol–water partition coefficient (Wildman–Crippen LogP) is 3.62. The third-order valence-corrected chi connectivity index (χ3v) is 5.03. The number of carbonyl (C=O) groups excluding carboxylic acids is 3. The van der Waals surface area contributed by atoms with Crippen molar-refractivity contribution < 1.29 is 27.6 Å². The molecule has 1 aliphatic rings. The van der Waals surface area contributed by atoms with Crippen molar-refractivity contribution in [2.75, 3.05) is 23.3 Å². The molecule has 0 atom stereocenters. The predicted molar refractivity (Wildman–Crippen MR) is 114 cm³/mol. The molecule has 1 aliphatic heterocycles. The Kier molecular flexibility index (Phi) is 6.21. The van der Waals surface area contributed by atoms with Gasteiger partial charge in [-0.1, -0.05) is 12.1 Å². The number of benzene rings is 1. The van der Waals surface area contributed by atoms with Crippen molar-refractivity contribution in [3.63, 3.8) is 0 Å². The van der Waals surface area contributed by atoms with Gasteiger partial charge in [-0.05, 0) is 42.8 Å². The smallest absolute Gasteiger partial charge is 0.305 e. The summed E-state index contributed by atoms with van der Waals surface area (Å²) in [5.41, 5.74) is -1.53. The van der Waals surface area contributed by atoms with Gasteiger partial charge in [0, 0.05) is 25.5 Å². The Labute approximate surface area is 191 Å². The Morgan fingerprint density at radius 3 is 2.47 bits per heavy atom. The topological polar surface area (TPSA) is 108 Å². The number of anilines is 2. The lowest BCUT2D eigenvalue weighted by Gasteiger charge is -2.34. The summed E-state index contributed by atoms with van der Waals surface area (Å²) in [4.78, 5) is 44.3. The van der Waals surface area contributed by atoms with Gasteiger partial charge in [-0.15, -0.1) is 5.10 Å². The van der Waals surface area contributed by atoms with E-state index in [1.54, 1.807) is 12.1 Å². The number of hydrogen-bond donors (Lipinski definition) is 1. The fourth-order valence-corrected chi connectivity index (χ4v) is 3.42. The molecule has 12 heteroatoms. The highest BCUT2D eigenvalue weighted by atomic mass is 19.4. The molecule has 4 rings (SSSR count). The zero-order valence-corrected chi connectivity index (χ0v) is 17.5. The molecular formula is C22H17F3N6O3. The van der Waals surface area contributed by atoms with Gasteiger partial charge in [0.2, 0.25) is 0 Å². The van der Waals surface area contributed by atoms with Gasteiger partial charge < -0.3 is 5.32 Å². The summed E-state index contributed by atoms with van der Waals surface area (Å²) >= 11 is 0. The quantitative estimate of drug-likeness (QED) is 0.624. The van der Waals surface area contributed by atoms with Gasteiger partial charge in [0.25, 0.3) is 11.8 Å². The minimum Gasteiger partial charge on any atom is -0.305 e. The summed E-state index contributed by atoms with van der Waals surface area (Å²) in [6, 6.07) is 9.54. The number of halogens is 3. The summed E-state index contributed by atoms with van der Waals surface area (Å²) < 4.78 is 40.0. The fraction of sp³-hybridized carbons (Fsp3) is 0.182. The Hall–Kier alpha value is -4.35. The van der Waals surface area contributed by atoms with Crippen molar-refractivity contribution in [1.82, 2.24) is 20.1 Å². The van der Waals surface area contributed by atoms with E-state index in [4.69, 9.17) is 0 Å². The largest absolute Gasteiger partial charge is 0.417 e. The first-order valence-corrected chi connectivity index (χ1v) is 10.1. The first-order valence-electron chi connectivity index (χ1n) is 10.1. The molecule has 2 aromatic heterocycles. The van der Waals surface area contributed by atoms with Crippen LogP contribution in [0.3, 0.4) is 0 Å². The molecule has 3 aromatic rings. The number of aromatic nitrogens is 3. The van der Waals surface area contributed by atoms with Gasteiger partial charge in [-0.3, -0.25) is 19.4 Å². The molecular weight excluding hydrogens is 453 g/mol. The lowest BCUT2D eigenvalue weighted by Crippen LogP contribution is -2.52. The van der Waals surface area contributed by atoms with Gasteiger partial charge in [-0.25, -0.2) is 9.78 Å². The van der Waals surface area contributed by atoms with E-state index in [2.05, 4.69) is 20.5 Å². The molecule has 1 saturated heterocycles. The Morgan fingerprint density at radius 2 is 1.79 bits per heavy atom. The number of nitrogens with one attached hydrogen (secondary N) is 1. The van der Waals surface area contributed by atoms with E-state index >= 15 is 0 Å². The van der Waals surface area contributed by atoms with Gasteiger partial charge in [0.15, 0.2) is 5.82 Å². The molecule has 0 spiro atoms. The van der Waals surface area contributed by atoms with Crippen LogP contribution in [0.4, 0.5) is 29.6 Å². The van der Waals surface area contributed by atoms with Crippen LogP contribution in [-0.4, -0.2) is 51.0 Å². The molecule has 1 aromatic carbocycles. The molecule has 1 N–H and O–H groups in total. The van der Waals surface area contributed by atoms with Gasteiger partial charge in [0.1, 0.15) is 5.82 Å². The van der Waals surface area contributed by atoms with Gasteiger partial charge >= 0.3 is 12.2 Å². The summed E-state index contributed by atoms with van der Waals surface area (Å²) in [6.45, 7) is 0.181. The normalized spacial score (nSPS) is 14.1. The van der Waals surface area contributed by atoms with Crippen molar-refractivity contribution in [1.29, 1.82) is 0 Å². The molecule has 0 radical (unpaired) electrons. The second kappa shape index (κ2) is 9.25. The number of rotatable bonds is 4. The number of hydrogen-bond acceptors (Lipinski definition) is 6. The van der Waals surface area contributed by atoms with Gasteiger partial charge in [-0.2, -0.15) is 18.3 Å². The van der Waals surface area contributed by atoms with E-state index in [-0.39, 0.29) is 30.3 Å². The van der Waals surface area contributed by atoms with Crippen LogP contribution in [0.2, 0.25) is 0 Å². The number of amides is 4. The number of urea groups is 1. The van der Waals surface area contributed by atoms with E-state index < -0.39 is 35.1 Å². The average Bonchev–Trinajstić information content (AvgIpc) is 2.84. The summed E-state index contributed by atoms with van der Waals surface area (Å²) in [5, 5.41) is 9.96. The Balaban J connectivity index is 1.51. The van der Waals surface area contributed by atoms with Crippen LogP contribution in [0.25, 0.3) is 0 Å². The zero-order valence-electron chi connectivity index (χ0n) is 17.5. The number of pyridine rings is 1. The second-order valence-electron chi connectivity index (χ2n) is 7.26. The van der Waals surface area contributed by atoms with Crippen molar-refractivity contribution in [3.05, 3.63) is 77.6 Å². The van der Waals surface area contributed by atoms with Crippen LogP contribution in [0.15, 0.2) is 60.9 Å². The van der Waals surface area contributed by atoms with E-state index in [1.165, 1.54) is 41.6 Å². The van der Waals surface area contributed by atoms with Crippen LogP contribution < -0.4 is 10.2 Å². The third-order valence-electron chi connectivity index (χ3n) is 5.03. The van der Waals surface area contributed by atoms with Crippen LogP contribution in [0.5, 0.6) is 0 Å². The van der Waals surface area contributed by atoms with Gasteiger partial charge in [0.05, 0.1) is 16.7 Å². The second-order valence-corrected chi connectivity index (χ2v) is 7.26. The van der Waals surface area contributed by atoms with Crippen molar-refractivity contribution >= 4 is 29.5 Å². The van der Waals surface area contributed by atoms with Crippen LogP contribution >= 0.6 is 0 Å². The highest BCUT2D eigenvalue weighted by molar-refractivity contribution is 6.10. The number of imide groups is 1. The highest BCUT2D eigenvalue weighted by Crippen LogP contribution is 2.33. The first kappa shape index (κ1) is 22.8. The fourth-order valence-electron chi connectivity index (χ4n) is 3.42. The highest BCUT2D eigenvalue weighted by Gasteiger charge is 2.39. The minimum absolute atomic E-state index is 0.0288. The maximum atomic E-state index is 13.3. The van der Waals surface area contributed by atoms with Crippen LogP contribution in [0.1, 0.15) is 32.7 Å². The SMILES string of the molecule is O=C(Nc1cccnn1)c1ccc(N2CCCN(C(=O)c3ccccc3C(F)(F)F)C2=O)nc1. The molecule has 9 nitrogen and oxygen atoms in total. The minimum atomic E-state index is -4.74. The molecule has 0 saturated carbocycles. The van der Waals surface area contributed by atoms with E-state index in [9.17, 15) is 27.6 Å². The molecule has 0 aliphatic carbocycles. The summed E-state index contributed by atoms with van der Waals surface area (Å²) in [5.74, 6) is -1.13. The monoisotopic (exact) mass is 470 g/mol. The van der Waals surface area contributed by atoms with Crippen molar-refractivity contribution in [3.8, 4) is 0 Å². The summed E-state index contributed by atoms with van der Waals surface area (Å²) in [6.07, 6.45) is -1.71. The van der Waals surface area contributed by atoms with E-state index in [0.29, 0.717) is 6.42 Å². The molecule has 34 heavy (non-hydrogen) atoms. The standard InChI is InChI=1S/C22H17F3N6O3/c23-22(24,25)16-6-2-1-5-15(16)20(33)31-12-4-11-30(21(31)34)18-9-8-14(13-26-18)19(32)28-17-7-3-10-27-29-17/h1-3,5-10,13H,4,11-12H2,(H,28,29,32). The van der Waals surface area contributed by atoms with Crippen molar-refractivity contribution in [2.24, 2.45) is 0 Å². The van der Waals surface area contributed by atoms with E-state index in [0.717, 1.165) is 17.0 Å². The van der Waals surface area contributed by atoms with Crippen LogP contribution in [-0.2, 0) is 6.18 Å². The number of carbonyl (C=O) groups is 3. The molecule has 3 heterocycles. The number of nitrogens with zero attached hydrogens (tertiary/aromatic N) is 5. The molecule has 1 fully saturated rings. The average molecular weight is 470 g/mol. The Morgan fingerprint density at radius 1 is 1.00 bits per heavy atom. The summed E-state index contributed by atoms with van der Waals surface area (Å²) in [7, 11) is 0. The molecule has 174 valence electrons. The Bertz CT molecular complexity index is 1220. The lowest BCUT2D eigenvalue weighted by molar-refractivity contribution is -0.138. The van der Waals surface area contributed by atoms with Crippen molar-refractivity contribution in [2.45, 2.75) is 12.6 Å². The maximum absolute atomic E-state index is 13.3. The maximum Gasteiger partial charge on any atom is 0.417 e. The van der Waals surface area contributed by atoms with E-state index in [1.807, 2.05) is 0 Å². The first-order chi connectivity index (χ1) is 16.3. The number of alkyl halides is 3.